The number of rotatable bonds is 8. The summed E-state index contributed by atoms with van der Waals surface area (Å²) in [6, 6.07) is 2.80. The summed E-state index contributed by atoms with van der Waals surface area (Å²) in [6.45, 7) is 7.98. The zero-order valence-corrected chi connectivity index (χ0v) is 13.3. The normalized spacial score (nSPS) is 13.8. The molecule has 21 heavy (non-hydrogen) atoms. The van der Waals surface area contributed by atoms with E-state index in [-0.39, 0.29) is 0 Å². The Labute approximate surface area is 127 Å². The molecule has 0 radical (unpaired) electrons. The van der Waals surface area contributed by atoms with E-state index in [1.165, 1.54) is 12.8 Å². The summed E-state index contributed by atoms with van der Waals surface area (Å²) < 4.78 is 0. The van der Waals surface area contributed by atoms with Gasteiger partial charge in [0.25, 0.3) is 0 Å². The van der Waals surface area contributed by atoms with Crippen molar-refractivity contribution in [2.75, 3.05) is 23.3 Å². The Kier molecular flexibility index (Phi) is 5.38. The summed E-state index contributed by atoms with van der Waals surface area (Å²) in [7, 11) is 0. The van der Waals surface area contributed by atoms with E-state index >= 15 is 0 Å². The van der Waals surface area contributed by atoms with Crippen molar-refractivity contribution in [1.82, 2.24) is 9.97 Å². The van der Waals surface area contributed by atoms with Gasteiger partial charge in [0.1, 0.15) is 17.5 Å². The molecule has 0 aromatic carbocycles. The molecule has 1 N–H and O–H groups in total. The molecule has 5 nitrogen and oxygen atoms in total. The van der Waals surface area contributed by atoms with Gasteiger partial charge in [-0.05, 0) is 26.2 Å². The fourth-order valence-electron chi connectivity index (χ4n) is 2.42. The number of aryl methyl sites for hydroxylation is 1. The molecule has 1 aliphatic carbocycles. The highest BCUT2D eigenvalue weighted by Crippen LogP contribution is 2.34. The predicted molar refractivity (Wildman–Crippen MR) is 85.5 cm³/mol. The van der Waals surface area contributed by atoms with Crippen LogP contribution in [-0.4, -0.2) is 29.1 Å². The molecule has 0 bridgehead atoms. The van der Waals surface area contributed by atoms with Crippen molar-refractivity contribution < 1.29 is 0 Å². The number of nitrogens with zero attached hydrogens (tertiary/aromatic N) is 4. The van der Waals surface area contributed by atoms with E-state index in [2.05, 4.69) is 42.0 Å². The average molecular weight is 287 g/mol. The lowest BCUT2D eigenvalue weighted by Gasteiger charge is -2.25. The number of hydrogen-bond acceptors (Lipinski definition) is 5. The van der Waals surface area contributed by atoms with Crippen LogP contribution in [0.2, 0.25) is 0 Å². The molecule has 1 aliphatic rings. The van der Waals surface area contributed by atoms with Crippen LogP contribution < -0.4 is 10.2 Å². The Balaban J connectivity index is 2.32. The number of hydrogen-bond donors (Lipinski definition) is 1. The molecule has 1 saturated carbocycles. The van der Waals surface area contributed by atoms with E-state index in [4.69, 9.17) is 10.2 Å². The molecular formula is C16H25N5. The van der Waals surface area contributed by atoms with Gasteiger partial charge in [-0.15, -0.1) is 0 Å². The molecule has 0 spiro atoms. The van der Waals surface area contributed by atoms with Crippen LogP contribution >= 0.6 is 0 Å². The average Bonchev–Trinajstić information content (AvgIpc) is 3.32. The van der Waals surface area contributed by atoms with Gasteiger partial charge in [0, 0.05) is 31.1 Å². The van der Waals surface area contributed by atoms with Crippen LogP contribution in [0.4, 0.5) is 11.6 Å². The Morgan fingerprint density at radius 3 is 2.67 bits per heavy atom. The maximum absolute atomic E-state index is 8.88. The molecule has 0 amide bonds. The number of nitriles is 1. The highest BCUT2D eigenvalue weighted by molar-refractivity contribution is 5.59. The Hall–Kier alpha value is -1.83. The first-order chi connectivity index (χ1) is 10.2. The van der Waals surface area contributed by atoms with Crippen LogP contribution in [0.1, 0.15) is 50.9 Å². The molecule has 0 aliphatic heterocycles. The lowest BCUT2D eigenvalue weighted by Crippen LogP contribution is -2.29. The maximum atomic E-state index is 8.88. The van der Waals surface area contributed by atoms with Crippen molar-refractivity contribution in [3.05, 3.63) is 11.4 Å². The Bertz CT molecular complexity index is 516. The SMILES string of the molecule is CCCNc1nc(CC)nc(N(CCC#N)C2CC2)c1C. The lowest BCUT2D eigenvalue weighted by atomic mass is 10.2. The first-order valence-corrected chi connectivity index (χ1v) is 7.96. The summed E-state index contributed by atoms with van der Waals surface area (Å²) in [5.41, 5.74) is 1.10. The second kappa shape index (κ2) is 7.26. The third kappa shape index (κ3) is 3.84. The minimum Gasteiger partial charge on any atom is -0.370 e. The number of aromatic nitrogens is 2. The van der Waals surface area contributed by atoms with Crippen molar-refractivity contribution in [2.45, 2.75) is 58.9 Å². The highest BCUT2D eigenvalue weighted by Gasteiger charge is 2.31. The number of nitrogens with one attached hydrogen (secondary N) is 1. The van der Waals surface area contributed by atoms with Crippen molar-refractivity contribution in [3.63, 3.8) is 0 Å². The molecule has 1 aromatic heterocycles. The minimum atomic E-state index is 0.541. The fourth-order valence-corrected chi connectivity index (χ4v) is 2.42. The van der Waals surface area contributed by atoms with Gasteiger partial charge in [0.15, 0.2) is 0 Å². The lowest BCUT2D eigenvalue weighted by molar-refractivity contribution is 0.761. The first-order valence-electron chi connectivity index (χ1n) is 7.96. The minimum absolute atomic E-state index is 0.541. The molecule has 0 unspecified atom stereocenters. The molecule has 1 aromatic rings. The van der Waals surface area contributed by atoms with E-state index in [0.29, 0.717) is 12.5 Å². The van der Waals surface area contributed by atoms with Crippen molar-refractivity contribution in [3.8, 4) is 6.07 Å². The Morgan fingerprint density at radius 1 is 1.33 bits per heavy atom. The second-order valence-electron chi connectivity index (χ2n) is 5.55. The van der Waals surface area contributed by atoms with Crippen LogP contribution in [0, 0.1) is 18.3 Å². The molecule has 5 heteroatoms. The third-order valence-electron chi connectivity index (χ3n) is 3.75. The molecule has 1 fully saturated rings. The standard InChI is InChI=1S/C16H25N5/c1-4-10-18-15-12(3)16(20-14(5-2)19-15)21(11-6-9-17)13-7-8-13/h13H,4-8,10-11H2,1-3H3,(H,18,19,20). The zero-order chi connectivity index (χ0) is 15.2. The quantitative estimate of drug-likeness (QED) is 0.796. The van der Waals surface area contributed by atoms with Crippen molar-refractivity contribution >= 4 is 11.6 Å². The second-order valence-corrected chi connectivity index (χ2v) is 5.55. The van der Waals surface area contributed by atoms with Gasteiger partial charge in [0.2, 0.25) is 0 Å². The van der Waals surface area contributed by atoms with Gasteiger partial charge < -0.3 is 10.2 Å². The van der Waals surface area contributed by atoms with Crippen LogP contribution in [0.15, 0.2) is 0 Å². The zero-order valence-electron chi connectivity index (χ0n) is 13.3. The largest absolute Gasteiger partial charge is 0.370 e. The number of anilines is 2. The van der Waals surface area contributed by atoms with Crippen LogP contribution in [-0.2, 0) is 6.42 Å². The van der Waals surface area contributed by atoms with Gasteiger partial charge in [-0.3, -0.25) is 0 Å². The first kappa shape index (κ1) is 15.6. The molecule has 0 atom stereocenters. The predicted octanol–water partition coefficient (Wildman–Crippen LogP) is 3.05. The molecule has 114 valence electrons. The summed E-state index contributed by atoms with van der Waals surface area (Å²) >= 11 is 0. The third-order valence-corrected chi connectivity index (χ3v) is 3.75. The van der Waals surface area contributed by atoms with Gasteiger partial charge >= 0.3 is 0 Å². The Morgan fingerprint density at radius 2 is 2.10 bits per heavy atom. The van der Waals surface area contributed by atoms with Gasteiger partial charge in [-0.25, -0.2) is 9.97 Å². The van der Waals surface area contributed by atoms with Crippen molar-refractivity contribution in [2.24, 2.45) is 0 Å². The molecular weight excluding hydrogens is 262 g/mol. The summed E-state index contributed by atoms with van der Waals surface area (Å²) in [5, 5.41) is 12.3. The van der Waals surface area contributed by atoms with Crippen LogP contribution in [0.25, 0.3) is 0 Å². The van der Waals surface area contributed by atoms with Crippen molar-refractivity contribution in [1.29, 1.82) is 5.26 Å². The topological polar surface area (TPSA) is 64.8 Å². The van der Waals surface area contributed by atoms with Crippen LogP contribution in [0.5, 0.6) is 0 Å². The highest BCUT2D eigenvalue weighted by atomic mass is 15.2. The van der Waals surface area contributed by atoms with E-state index in [1.807, 2.05) is 0 Å². The van der Waals surface area contributed by atoms with Gasteiger partial charge in [-0.1, -0.05) is 13.8 Å². The summed E-state index contributed by atoms with van der Waals surface area (Å²) in [6.07, 6.45) is 4.84. The van der Waals surface area contributed by atoms with E-state index in [9.17, 15) is 0 Å². The van der Waals surface area contributed by atoms with Gasteiger partial charge in [0.05, 0.1) is 12.5 Å². The maximum Gasteiger partial charge on any atom is 0.137 e. The molecule has 1 heterocycles. The molecule has 2 rings (SSSR count). The molecule has 0 saturated heterocycles. The van der Waals surface area contributed by atoms with E-state index in [1.54, 1.807) is 0 Å². The van der Waals surface area contributed by atoms with Crippen LogP contribution in [0.3, 0.4) is 0 Å². The van der Waals surface area contributed by atoms with E-state index in [0.717, 1.165) is 49.0 Å². The summed E-state index contributed by atoms with van der Waals surface area (Å²) in [4.78, 5) is 11.7. The van der Waals surface area contributed by atoms with E-state index < -0.39 is 0 Å². The summed E-state index contributed by atoms with van der Waals surface area (Å²) in [5.74, 6) is 2.83. The smallest absolute Gasteiger partial charge is 0.137 e. The van der Waals surface area contributed by atoms with Gasteiger partial charge in [-0.2, -0.15) is 5.26 Å². The monoisotopic (exact) mass is 287 g/mol. The fraction of sp³-hybridized carbons (Fsp3) is 0.688.